The molecule has 2 heterocycles. The number of carbonyl (C=O) groups excluding carboxylic acids is 2. The number of aromatic nitrogens is 2. The van der Waals surface area contributed by atoms with Gasteiger partial charge in [-0.15, -0.1) is 11.3 Å². The lowest BCUT2D eigenvalue weighted by Crippen LogP contribution is -2.42. The number of pyridine rings is 1. The van der Waals surface area contributed by atoms with Gasteiger partial charge < -0.3 is 10.1 Å². The zero-order chi connectivity index (χ0) is 18.5. The predicted molar refractivity (Wildman–Crippen MR) is 99.9 cm³/mol. The summed E-state index contributed by atoms with van der Waals surface area (Å²) >= 11 is 1.23. The van der Waals surface area contributed by atoms with Crippen molar-refractivity contribution in [2.45, 2.75) is 45.6 Å². The second-order valence-electron chi connectivity index (χ2n) is 6.66. The molecule has 6 nitrogen and oxygen atoms in total. The molecule has 1 aliphatic carbocycles. The Morgan fingerprint density at radius 2 is 2.12 bits per heavy atom. The van der Waals surface area contributed by atoms with Crippen molar-refractivity contribution in [2.75, 3.05) is 6.61 Å². The van der Waals surface area contributed by atoms with Gasteiger partial charge >= 0.3 is 5.97 Å². The van der Waals surface area contributed by atoms with Crippen LogP contribution >= 0.6 is 11.3 Å². The average Bonchev–Trinajstić information content (AvgIpc) is 3.04. The Morgan fingerprint density at radius 3 is 2.85 bits per heavy atom. The predicted octanol–water partition coefficient (Wildman–Crippen LogP) is 3.37. The molecule has 3 rings (SSSR count). The number of ether oxygens (including phenoxy) is 1. The summed E-state index contributed by atoms with van der Waals surface area (Å²) in [5.41, 5.74) is 1.30. The Hall–Kier alpha value is -2.28. The maximum Gasteiger partial charge on any atom is 0.350 e. The molecule has 0 aliphatic heterocycles. The molecule has 1 saturated carbocycles. The molecule has 138 valence electrons. The number of aryl methyl sites for hydroxylation is 1. The molecule has 2 aromatic rings. The van der Waals surface area contributed by atoms with Gasteiger partial charge in [0.05, 0.1) is 11.4 Å². The Balaban J connectivity index is 1.56. The summed E-state index contributed by atoms with van der Waals surface area (Å²) in [6, 6.07) is 5.71. The van der Waals surface area contributed by atoms with Crippen LogP contribution in [0.3, 0.4) is 0 Å². The monoisotopic (exact) mass is 373 g/mol. The zero-order valence-electron chi connectivity index (χ0n) is 15.0. The molecule has 1 amide bonds. The minimum atomic E-state index is -0.519. The van der Waals surface area contributed by atoms with Gasteiger partial charge in [0.1, 0.15) is 9.88 Å². The molecule has 2 atom stereocenters. The molecular formula is C19H23N3O3S. The Bertz CT molecular complexity index is 776. The first-order valence-corrected chi connectivity index (χ1v) is 9.71. The number of hydrogen-bond donors (Lipinski definition) is 1. The molecule has 1 N–H and O–H groups in total. The van der Waals surface area contributed by atoms with Crippen molar-refractivity contribution in [2.24, 2.45) is 5.92 Å². The number of carbonyl (C=O) groups is 2. The van der Waals surface area contributed by atoms with Gasteiger partial charge in [-0.3, -0.25) is 9.78 Å². The summed E-state index contributed by atoms with van der Waals surface area (Å²) in [6.07, 6.45) is 6.14. The van der Waals surface area contributed by atoms with Gasteiger partial charge in [0.2, 0.25) is 0 Å². The highest BCUT2D eigenvalue weighted by Crippen LogP contribution is 2.27. The van der Waals surface area contributed by atoms with E-state index in [0.717, 1.165) is 19.3 Å². The van der Waals surface area contributed by atoms with Gasteiger partial charge in [-0.2, -0.15) is 0 Å². The van der Waals surface area contributed by atoms with Crippen LogP contribution < -0.4 is 5.32 Å². The molecule has 0 saturated heterocycles. The normalized spacial score (nSPS) is 19.8. The van der Waals surface area contributed by atoms with Gasteiger partial charge in [-0.25, -0.2) is 9.78 Å². The van der Waals surface area contributed by atoms with Crippen LogP contribution in [-0.4, -0.2) is 34.5 Å². The largest absolute Gasteiger partial charge is 0.451 e. The highest BCUT2D eigenvalue weighted by molar-refractivity contribution is 7.17. The zero-order valence-corrected chi connectivity index (χ0v) is 15.8. The number of amides is 1. The quantitative estimate of drug-likeness (QED) is 0.813. The smallest absolute Gasteiger partial charge is 0.350 e. The number of esters is 1. The van der Waals surface area contributed by atoms with Crippen LogP contribution in [0.1, 0.15) is 48.0 Å². The minimum Gasteiger partial charge on any atom is -0.451 e. The van der Waals surface area contributed by atoms with Gasteiger partial charge in [-0.1, -0.05) is 25.8 Å². The molecule has 7 heteroatoms. The fourth-order valence-electron chi connectivity index (χ4n) is 3.16. The highest BCUT2D eigenvalue weighted by Gasteiger charge is 2.24. The second-order valence-corrected chi connectivity index (χ2v) is 7.66. The number of hydrogen-bond acceptors (Lipinski definition) is 6. The maximum atomic E-state index is 12.3. The third kappa shape index (κ3) is 4.46. The van der Waals surface area contributed by atoms with E-state index < -0.39 is 5.97 Å². The molecule has 26 heavy (non-hydrogen) atoms. The number of rotatable bonds is 5. The van der Waals surface area contributed by atoms with E-state index in [2.05, 4.69) is 22.2 Å². The van der Waals surface area contributed by atoms with Crippen molar-refractivity contribution in [3.05, 3.63) is 35.0 Å². The third-order valence-electron chi connectivity index (χ3n) is 4.66. The van der Waals surface area contributed by atoms with Crippen LogP contribution in [0, 0.1) is 12.8 Å². The summed E-state index contributed by atoms with van der Waals surface area (Å²) in [5.74, 6) is -0.300. The van der Waals surface area contributed by atoms with E-state index >= 15 is 0 Å². The molecule has 2 aromatic heterocycles. The first kappa shape index (κ1) is 18.5. The minimum absolute atomic E-state index is 0.177. The summed E-state index contributed by atoms with van der Waals surface area (Å²) in [6.45, 7) is 3.64. The van der Waals surface area contributed by atoms with Gasteiger partial charge in [0.15, 0.2) is 6.61 Å². The average molecular weight is 373 g/mol. The molecule has 0 radical (unpaired) electrons. The number of nitrogens with one attached hydrogen (secondary N) is 1. The van der Waals surface area contributed by atoms with Crippen molar-refractivity contribution in [1.82, 2.24) is 15.3 Å². The maximum absolute atomic E-state index is 12.3. The van der Waals surface area contributed by atoms with Crippen LogP contribution in [0.4, 0.5) is 0 Å². The first-order valence-electron chi connectivity index (χ1n) is 8.90. The van der Waals surface area contributed by atoms with Gasteiger partial charge in [0, 0.05) is 12.2 Å². The van der Waals surface area contributed by atoms with E-state index in [1.54, 1.807) is 13.1 Å². The van der Waals surface area contributed by atoms with Crippen molar-refractivity contribution in [3.63, 3.8) is 0 Å². The lowest BCUT2D eigenvalue weighted by Gasteiger charge is -2.29. The fourth-order valence-corrected chi connectivity index (χ4v) is 4.10. The van der Waals surface area contributed by atoms with Crippen LogP contribution in [-0.2, 0) is 9.53 Å². The van der Waals surface area contributed by atoms with Crippen molar-refractivity contribution in [1.29, 1.82) is 0 Å². The van der Waals surface area contributed by atoms with Crippen molar-refractivity contribution in [3.8, 4) is 10.7 Å². The second kappa shape index (κ2) is 8.40. The molecule has 0 unspecified atom stereocenters. The van der Waals surface area contributed by atoms with E-state index in [1.165, 1.54) is 17.8 Å². The van der Waals surface area contributed by atoms with Crippen LogP contribution in [0.15, 0.2) is 24.4 Å². The van der Waals surface area contributed by atoms with E-state index in [1.807, 2.05) is 18.2 Å². The Kier molecular flexibility index (Phi) is 5.98. The lowest BCUT2D eigenvalue weighted by atomic mass is 9.86. The van der Waals surface area contributed by atoms with Crippen molar-refractivity contribution >= 4 is 23.2 Å². The summed E-state index contributed by atoms with van der Waals surface area (Å²) in [7, 11) is 0. The summed E-state index contributed by atoms with van der Waals surface area (Å²) < 4.78 is 5.20. The SMILES string of the molecule is Cc1nc(-c2ccccn2)sc1C(=O)OCC(=O)N[C@H]1CCCC[C@H]1C. The molecular weight excluding hydrogens is 350 g/mol. The molecule has 0 spiro atoms. The molecule has 1 aliphatic rings. The highest BCUT2D eigenvalue weighted by atomic mass is 32.1. The van der Waals surface area contributed by atoms with Gasteiger partial charge in [0.25, 0.3) is 5.91 Å². The van der Waals surface area contributed by atoms with E-state index in [-0.39, 0.29) is 18.6 Å². The van der Waals surface area contributed by atoms with Crippen molar-refractivity contribution < 1.29 is 14.3 Å². The topological polar surface area (TPSA) is 81.2 Å². The van der Waals surface area contributed by atoms with Gasteiger partial charge in [-0.05, 0) is 37.8 Å². The number of thiazole rings is 1. The Labute approximate surface area is 157 Å². The molecule has 1 fully saturated rings. The summed E-state index contributed by atoms with van der Waals surface area (Å²) in [5, 5.41) is 3.65. The molecule has 0 bridgehead atoms. The van der Waals surface area contributed by atoms with Crippen LogP contribution in [0.2, 0.25) is 0 Å². The van der Waals surface area contributed by atoms with Crippen LogP contribution in [0.25, 0.3) is 10.7 Å². The fraction of sp³-hybridized carbons (Fsp3) is 0.474. The van der Waals surface area contributed by atoms with E-state index in [9.17, 15) is 9.59 Å². The lowest BCUT2D eigenvalue weighted by molar-refractivity contribution is -0.125. The van der Waals surface area contributed by atoms with E-state index in [0.29, 0.717) is 27.2 Å². The van der Waals surface area contributed by atoms with E-state index in [4.69, 9.17) is 4.74 Å². The number of nitrogens with zero attached hydrogens (tertiary/aromatic N) is 2. The molecule has 0 aromatic carbocycles. The Morgan fingerprint density at radius 1 is 1.31 bits per heavy atom. The first-order chi connectivity index (χ1) is 12.5. The standard InChI is InChI=1S/C19H23N3O3S/c1-12-7-3-4-8-14(12)22-16(23)11-25-19(24)17-13(2)21-18(26-17)15-9-5-6-10-20-15/h5-6,9-10,12,14H,3-4,7-8,11H2,1-2H3,(H,22,23)/t12-,14+/m1/s1. The van der Waals surface area contributed by atoms with Crippen LogP contribution in [0.5, 0.6) is 0 Å². The summed E-state index contributed by atoms with van der Waals surface area (Å²) in [4.78, 5) is 33.4. The third-order valence-corrected chi connectivity index (χ3v) is 5.82.